The second kappa shape index (κ2) is 3.35. The predicted octanol–water partition coefficient (Wildman–Crippen LogP) is 3.18. The smallest absolute Gasteiger partial charge is 0.103 e. The lowest BCUT2D eigenvalue weighted by atomic mass is 9.76. The van der Waals surface area contributed by atoms with Gasteiger partial charge in [0.25, 0.3) is 0 Å². The Morgan fingerprint density at radius 1 is 1.23 bits per heavy atom. The van der Waals surface area contributed by atoms with Gasteiger partial charge in [-0.25, -0.2) is 0 Å². The van der Waals surface area contributed by atoms with Gasteiger partial charge in [-0.05, 0) is 43.6 Å². The van der Waals surface area contributed by atoms with Gasteiger partial charge in [-0.15, -0.1) is 11.7 Å². The highest BCUT2D eigenvalue weighted by molar-refractivity contribution is 8.87. The van der Waals surface area contributed by atoms with E-state index in [1.165, 1.54) is 6.42 Å². The van der Waals surface area contributed by atoms with Gasteiger partial charge in [0.15, 0.2) is 0 Å². The maximum atomic E-state index is 10.5. The highest BCUT2D eigenvalue weighted by Crippen LogP contribution is 2.63. The van der Waals surface area contributed by atoms with E-state index in [2.05, 4.69) is 38.0 Å². The Kier molecular flexibility index (Phi) is 3.03. The first-order chi connectivity index (χ1) is 5.66. The van der Waals surface area contributed by atoms with Crippen LogP contribution in [-0.4, -0.2) is 22.6 Å². The second-order valence-corrected chi connectivity index (χ2v) is 11.5. The summed E-state index contributed by atoms with van der Waals surface area (Å²) in [7, 11) is -1.15. The minimum Gasteiger partial charge on any atom is -0.380 e. The molecule has 0 spiro atoms. The van der Waals surface area contributed by atoms with Crippen LogP contribution in [0.25, 0.3) is 0 Å². The minimum atomic E-state index is -1.15. The average molecular weight is 222 g/mol. The van der Waals surface area contributed by atoms with Crippen LogP contribution in [0.3, 0.4) is 0 Å². The SMILES string of the molecule is CC1(C)CCCC(O)(S(C)(C)S)C1. The van der Waals surface area contributed by atoms with E-state index in [-0.39, 0.29) is 0 Å². The molecular formula is C10H22OS2. The van der Waals surface area contributed by atoms with Crippen LogP contribution in [0.2, 0.25) is 0 Å². The maximum absolute atomic E-state index is 10.5. The largest absolute Gasteiger partial charge is 0.380 e. The number of hydrogen-bond donors (Lipinski definition) is 2. The third-order valence-electron chi connectivity index (χ3n) is 3.11. The molecule has 1 aliphatic rings. The van der Waals surface area contributed by atoms with Crippen molar-refractivity contribution < 1.29 is 5.11 Å². The zero-order valence-corrected chi connectivity index (χ0v) is 10.8. The Balaban J connectivity index is 2.81. The molecule has 0 aromatic carbocycles. The van der Waals surface area contributed by atoms with Gasteiger partial charge < -0.3 is 5.11 Å². The molecule has 0 saturated heterocycles. The number of thiol groups is 1. The van der Waals surface area contributed by atoms with E-state index in [1.807, 2.05) is 0 Å². The van der Waals surface area contributed by atoms with E-state index in [1.54, 1.807) is 0 Å². The van der Waals surface area contributed by atoms with Gasteiger partial charge in [-0.3, -0.25) is 0 Å². The van der Waals surface area contributed by atoms with Gasteiger partial charge in [-0.2, -0.15) is 9.06 Å². The van der Waals surface area contributed by atoms with Crippen LogP contribution in [0.4, 0.5) is 0 Å². The summed E-state index contributed by atoms with van der Waals surface area (Å²) in [6, 6.07) is 0. The molecule has 0 heterocycles. The lowest BCUT2D eigenvalue weighted by molar-refractivity contribution is 0.0352. The first-order valence-corrected chi connectivity index (χ1v) is 8.34. The molecule has 1 unspecified atom stereocenters. The molecule has 3 heteroatoms. The Labute approximate surface area is 88.4 Å². The van der Waals surface area contributed by atoms with Crippen molar-refractivity contribution in [2.75, 3.05) is 12.5 Å². The number of aliphatic hydroxyl groups is 1. The Hall–Kier alpha value is 0.660. The fourth-order valence-corrected chi connectivity index (χ4v) is 4.05. The summed E-state index contributed by atoms with van der Waals surface area (Å²) in [5.41, 5.74) is 0.292. The van der Waals surface area contributed by atoms with Crippen LogP contribution in [-0.2, 0) is 0 Å². The third kappa shape index (κ3) is 2.57. The standard InChI is InChI=1S/C10H22OS2/c1-9(2)6-5-7-10(11,8-9)13(3,4)12/h11-12H,5-8H2,1-4H3. The van der Waals surface area contributed by atoms with Crippen LogP contribution >= 0.6 is 20.7 Å². The zero-order chi connectivity index (χ0) is 10.3. The van der Waals surface area contributed by atoms with Crippen molar-refractivity contribution in [3.63, 3.8) is 0 Å². The van der Waals surface area contributed by atoms with Crippen LogP contribution in [0, 0.1) is 5.41 Å². The fraction of sp³-hybridized carbons (Fsp3) is 1.00. The van der Waals surface area contributed by atoms with E-state index in [0.29, 0.717) is 5.41 Å². The molecule has 0 aromatic rings. The quantitative estimate of drug-likeness (QED) is 0.516. The monoisotopic (exact) mass is 222 g/mol. The molecule has 0 amide bonds. The van der Waals surface area contributed by atoms with Crippen LogP contribution in [0.15, 0.2) is 0 Å². The third-order valence-corrected chi connectivity index (χ3v) is 6.33. The van der Waals surface area contributed by atoms with Crippen molar-refractivity contribution in [1.82, 2.24) is 0 Å². The molecule has 0 bridgehead atoms. The van der Waals surface area contributed by atoms with Crippen molar-refractivity contribution in [1.29, 1.82) is 0 Å². The van der Waals surface area contributed by atoms with Crippen molar-refractivity contribution in [2.24, 2.45) is 5.41 Å². The highest BCUT2D eigenvalue weighted by Gasteiger charge is 2.44. The Morgan fingerprint density at radius 2 is 1.77 bits per heavy atom. The van der Waals surface area contributed by atoms with Gasteiger partial charge in [-0.1, -0.05) is 13.8 Å². The Morgan fingerprint density at radius 3 is 2.08 bits per heavy atom. The lowest BCUT2D eigenvalue weighted by Gasteiger charge is -2.50. The summed E-state index contributed by atoms with van der Waals surface area (Å²) >= 11 is 4.59. The van der Waals surface area contributed by atoms with Gasteiger partial charge in [0, 0.05) is 0 Å². The van der Waals surface area contributed by atoms with Crippen LogP contribution in [0.5, 0.6) is 0 Å². The average Bonchev–Trinajstić information content (AvgIpc) is 1.80. The lowest BCUT2D eigenvalue weighted by Crippen LogP contribution is -2.40. The first kappa shape index (κ1) is 11.7. The van der Waals surface area contributed by atoms with E-state index in [4.69, 9.17) is 0 Å². The van der Waals surface area contributed by atoms with Gasteiger partial charge in [0.05, 0.1) is 0 Å². The predicted molar refractivity (Wildman–Crippen MR) is 65.6 cm³/mol. The summed E-state index contributed by atoms with van der Waals surface area (Å²) in [6.07, 6.45) is 8.40. The Bertz CT molecular complexity index is 196. The molecule has 1 nitrogen and oxygen atoms in total. The van der Waals surface area contributed by atoms with E-state index in [9.17, 15) is 5.11 Å². The summed E-state index contributed by atoms with van der Waals surface area (Å²) in [5.74, 6) is 0. The van der Waals surface area contributed by atoms with Crippen molar-refractivity contribution >= 4 is 20.7 Å². The van der Waals surface area contributed by atoms with Crippen molar-refractivity contribution in [2.45, 2.75) is 44.5 Å². The number of rotatable bonds is 1. The van der Waals surface area contributed by atoms with E-state index < -0.39 is 14.0 Å². The molecule has 0 aromatic heterocycles. The molecule has 1 rings (SSSR count). The molecule has 1 N–H and O–H groups in total. The molecule has 0 radical (unpaired) electrons. The molecule has 80 valence electrons. The minimum absolute atomic E-state index is 0.292. The zero-order valence-electron chi connectivity index (χ0n) is 9.13. The molecule has 1 fully saturated rings. The first-order valence-electron chi connectivity index (χ1n) is 4.84. The van der Waals surface area contributed by atoms with Crippen LogP contribution < -0.4 is 0 Å². The highest BCUT2D eigenvalue weighted by atomic mass is 33.1. The molecule has 1 saturated carbocycles. The number of hydrogen-bond acceptors (Lipinski definition) is 2. The normalized spacial score (nSPS) is 35.8. The van der Waals surface area contributed by atoms with Gasteiger partial charge in [0.2, 0.25) is 0 Å². The topological polar surface area (TPSA) is 20.2 Å². The summed E-state index contributed by atoms with van der Waals surface area (Å²) in [5, 5.41) is 10.5. The van der Waals surface area contributed by atoms with E-state index in [0.717, 1.165) is 19.3 Å². The van der Waals surface area contributed by atoms with Crippen molar-refractivity contribution in [3.8, 4) is 0 Å². The van der Waals surface area contributed by atoms with Crippen LogP contribution in [0.1, 0.15) is 39.5 Å². The molecular weight excluding hydrogens is 200 g/mol. The molecule has 0 aliphatic heterocycles. The van der Waals surface area contributed by atoms with Crippen molar-refractivity contribution in [3.05, 3.63) is 0 Å². The van der Waals surface area contributed by atoms with Gasteiger partial charge in [0.1, 0.15) is 4.93 Å². The summed E-state index contributed by atoms with van der Waals surface area (Å²) < 4.78 is 0. The fourth-order valence-electron chi connectivity index (χ4n) is 2.19. The molecule has 1 aliphatic carbocycles. The van der Waals surface area contributed by atoms with E-state index >= 15 is 0 Å². The molecule has 13 heavy (non-hydrogen) atoms. The maximum Gasteiger partial charge on any atom is 0.103 e. The second-order valence-electron chi connectivity index (χ2n) is 5.41. The molecule has 1 atom stereocenters. The van der Waals surface area contributed by atoms with Gasteiger partial charge >= 0.3 is 0 Å². The summed E-state index contributed by atoms with van der Waals surface area (Å²) in [4.78, 5) is -0.502. The summed E-state index contributed by atoms with van der Waals surface area (Å²) in [6.45, 7) is 4.49.